The Balaban J connectivity index is 1.54. The number of benzene rings is 3. The Labute approximate surface area is 178 Å². The standard InChI is InChI=1S/C24H26N2O2S/c1-3-26(24(29)25-21-11-15-22(27-2)16-12-21)17-19-9-13-23(14-10-19)28-18-20-7-5-4-6-8-20/h4-16H,3,17-18H2,1-2H3,(H,25,29). The molecule has 3 rings (SSSR count). The van der Waals surface area contributed by atoms with E-state index in [-0.39, 0.29) is 0 Å². The van der Waals surface area contributed by atoms with E-state index in [1.54, 1.807) is 7.11 Å². The summed E-state index contributed by atoms with van der Waals surface area (Å²) in [5.74, 6) is 1.68. The predicted octanol–water partition coefficient (Wildman–Crippen LogP) is 5.49. The molecule has 0 radical (unpaired) electrons. The van der Waals surface area contributed by atoms with Gasteiger partial charge in [0.05, 0.1) is 7.11 Å². The van der Waals surface area contributed by atoms with E-state index in [0.29, 0.717) is 11.7 Å². The molecule has 0 aliphatic heterocycles. The van der Waals surface area contributed by atoms with E-state index in [1.807, 2.05) is 54.6 Å². The summed E-state index contributed by atoms with van der Waals surface area (Å²) in [4.78, 5) is 2.12. The number of nitrogens with zero attached hydrogens (tertiary/aromatic N) is 1. The molecule has 0 saturated carbocycles. The van der Waals surface area contributed by atoms with Crippen LogP contribution in [0.4, 0.5) is 5.69 Å². The molecule has 4 nitrogen and oxygen atoms in total. The Morgan fingerprint density at radius 3 is 2.14 bits per heavy atom. The maximum absolute atomic E-state index is 5.86. The number of hydrogen-bond acceptors (Lipinski definition) is 3. The monoisotopic (exact) mass is 406 g/mol. The van der Waals surface area contributed by atoms with Gasteiger partial charge in [-0.05, 0) is 66.7 Å². The minimum Gasteiger partial charge on any atom is -0.497 e. The fourth-order valence-corrected chi connectivity index (χ4v) is 3.17. The van der Waals surface area contributed by atoms with Gasteiger partial charge in [0, 0.05) is 18.8 Å². The van der Waals surface area contributed by atoms with Gasteiger partial charge in [-0.1, -0.05) is 42.5 Å². The molecule has 0 bridgehead atoms. The highest BCUT2D eigenvalue weighted by Gasteiger charge is 2.09. The van der Waals surface area contributed by atoms with Gasteiger partial charge in [-0.3, -0.25) is 0 Å². The molecule has 0 saturated heterocycles. The van der Waals surface area contributed by atoms with E-state index in [9.17, 15) is 0 Å². The maximum atomic E-state index is 5.86. The molecule has 150 valence electrons. The van der Waals surface area contributed by atoms with Crippen LogP contribution in [0.3, 0.4) is 0 Å². The molecule has 0 amide bonds. The van der Waals surface area contributed by atoms with E-state index in [2.05, 4.69) is 41.4 Å². The molecule has 0 atom stereocenters. The zero-order valence-electron chi connectivity index (χ0n) is 16.8. The van der Waals surface area contributed by atoms with Crippen molar-refractivity contribution in [2.24, 2.45) is 0 Å². The normalized spacial score (nSPS) is 10.3. The summed E-state index contributed by atoms with van der Waals surface area (Å²) < 4.78 is 11.1. The second-order valence-electron chi connectivity index (χ2n) is 6.59. The van der Waals surface area contributed by atoms with Crippen LogP contribution in [-0.4, -0.2) is 23.7 Å². The predicted molar refractivity (Wildman–Crippen MR) is 123 cm³/mol. The van der Waals surface area contributed by atoms with Crippen molar-refractivity contribution >= 4 is 23.0 Å². The third kappa shape index (κ3) is 6.22. The summed E-state index contributed by atoms with van der Waals surface area (Å²) >= 11 is 5.60. The summed E-state index contributed by atoms with van der Waals surface area (Å²) in [6, 6.07) is 26.1. The Kier molecular flexibility index (Phi) is 7.47. The highest BCUT2D eigenvalue weighted by atomic mass is 32.1. The van der Waals surface area contributed by atoms with Crippen LogP contribution in [0.2, 0.25) is 0 Å². The lowest BCUT2D eigenvalue weighted by molar-refractivity contribution is 0.306. The molecule has 0 aliphatic carbocycles. The fraction of sp³-hybridized carbons (Fsp3) is 0.208. The molecule has 0 aliphatic rings. The molecule has 0 unspecified atom stereocenters. The lowest BCUT2D eigenvalue weighted by Gasteiger charge is -2.24. The van der Waals surface area contributed by atoms with Gasteiger partial charge in [0.25, 0.3) is 0 Å². The van der Waals surface area contributed by atoms with Gasteiger partial charge in [-0.2, -0.15) is 0 Å². The van der Waals surface area contributed by atoms with Crippen LogP contribution in [-0.2, 0) is 13.2 Å². The average Bonchev–Trinajstić information content (AvgIpc) is 2.78. The van der Waals surface area contributed by atoms with Gasteiger partial charge in [-0.15, -0.1) is 0 Å². The minimum atomic E-state index is 0.567. The summed E-state index contributed by atoms with van der Waals surface area (Å²) in [6.07, 6.45) is 0. The summed E-state index contributed by atoms with van der Waals surface area (Å²) in [5, 5.41) is 3.99. The van der Waals surface area contributed by atoms with Gasteiger partial charge in [0.1, 0.15) is 18.1 Å². The van der Waals surface area contributed by atoms with E-state index in [4.69, 9.17) is 21.7 Å². The SMILES string of the molecule is CCN(Cc1ccc(OCc2ccccc2)cc1)C(=S)Nc1ccc(OC)cc1. The molecule has 3 aromatic rings. The second-order valence-corrected chi connectivity index (χ2v) is 6.98. The van der Waals surface area contributed by atoms with Crippen molar-refractivity contribution in [2.75, 3.05) is 19.0 Å². The number of nitrogens with one attached hydrogen (secondary N) is 1. The lowest BCUT2D eigenvalue weighted by Crippen LogP contribution is -2.34. The number of methoxy groups -OCH3 is 1. The number of hydrogen-bond donors (Lipinski definition) is 1. The van der Waals surface area contributed by atoms with E-state index in [1.165, 1.54) is 5.56 Å². The molecular formula is C24H26N2O2S. The largest absolute Gasteiger partial charge is 0.497 e. The first-order chi connectivity index (χ1) is 14.2. The van der Waals surface area contributed by atoms with Crippen LogP contribution in [0.1, 0.15) is 18.1 Å². The Morgan fingerprint density at radius 1 is 0.862 bits per heavy atom. The van der Waals surface area contributed by atoms with Crippen LogP contribution in [0.5, 0.6) is 11.5 Å². The number of thiocarbonyl (C=S) groups is 1. The van der Waals surface area contributed by atoms with Crippen molar-refractivity contribution in [3.8, 4) is 11.5 Å². The van der Waals surface area contributed by atoms with Crippen LogP contribution in [0, 0.1) is 0 Å². The molecule has 0 fully saturated rings. The van der Waals surface area contributed by atoms with E-state index >= 15 is 0 Å². The molecule has 29 heavy (non-hydrogen) atoms. The van der Waals surface area contributed by atoms with Crippen LogP contribution in [0.25, 0.3) is 0 Å². The van der Waals surface area contributed by atoms with Crippen molar-refractivity contribution in [2.45, 2.75) is 20.1 Å². The molecule has 0 spiro atoms. The van der Waals surface area contributed by atoms with Gasteiger partial charge >= 0.3 is 0 Å². The van der Waals surface area contributed by atoms with E-state index in [0.717, 1.165) is 35.8 Å². The van der Waals surface area contributed by atoms with Crippen molar-refractivity contribution in [3.63, 3.8) is 0 Å². The van der Waals surface area contributed by atoms with Crippen LogP contribution in [0.15, 0.2) is 78.9 Å². The molecule has 1 N–H and O–H groups in total. The molecule has 3 aromatic carbocycles. The third-order valence-electron chi connectivity index (χ3n) is 4.56. The van der Waals surface area contributed by atoms with Crippen molar-refractivity contribution < 1.29 is 9.47 Å². The number of ether oxygens (including phenoxy) is 2. The Morgan fingerprint density at radius 2 is 1.52 bits per heavy atom. The van der Waals surface area contributed by atoms with Gasteiger partial charge in [-0.25, -0.2) is 0 Å². The first-order valence-corrected chi connectivity index (χ1v) is 10.0. The molecular weight excluding hydrogens is 380 g/mol. The zero-order valence-corrected chi connectivity index (χ0v) is 17.6. The van der Waals surface area contributed by atoms with Crippen LogP contribution < -0.4 is 14.8 Å². The molecule has 0 heterocycles. The summed E-state index contributed by atoms with van der Waals surface area (Å²) in [7, 11) is 1.66. The lowest BCUT2D eigenvalue weighted by atomic mass is 10.2. The Bertz CT molecular complexity index is 896. The van der Waals surface area contributed by atoms with Gasteiger partial charge in [0.2, 0.25) is 0 Å². The van der Waals surface area contributed by atoms with Crippen LogP contribution >= 0.6 is 12.2 Å². The van der Waals surface area contributed by atoms with Crippen molar-refractivity contribution in [1.29, 1.82) is 0 Å². The molecule has 5 heteroatoms. The number of anilines is 1. The fourth-order valence-electron chi connectivity index (χ4n) is 2.86. The average molecular weight is 407 g/mol. The Hall–Kier alpha value is -3.05. The first-order valence-electron chi connectivity index (χ1n) is 9.63. The highest BCUT2D eigenvalue weighted by Crippen LogP contribution is 2.18. The minimum absolute atomic E-state index is 0.567. The smallest absolute Gasteiger partial charge is 0.173 e. The molecule has 0 aromatic heterocycles. The summed E-state index contributed by atoms with van der Waals surface area (Å²) in [6.45, 7) is 4.21. The topological polar surface area (TPSA) is 33.7 Å². The first kappa shape index (κ1) is 20.7. The maximum Gasteiger partial charge on any atom is 0.173 e. The highest BCUT2D eigenvalue weighted by molar-refractivity contribution is 7.80. The third-order valence-corrected chi connectivity index (χ3v) is 4.92. The van der Waals surface area contributed by atoms with Crippen molar-refractivity contribution in [3.05, 3.63) is 90.0 Å². The van der Waals surface area contributed by atoms with Crippen molar-refractivity contribution in [1.82, 2.24) is 4.90 Å². The quantitative estimate of drug-likeness (QED) is 0.500. The van der Waals surface area contributed by atoms with E-state index < -0.39 is 0 Å². The second kappa shape index (κ2) is 10.5. The summed E-state index contributed by atoms with van der Waals surface area (Å²) in [5.41, 5.74) is 3.28. The van der Waals surface area contributed by atoms with Gasteiger partial charge in [0.15, 0.2) is 5.11 Å². The number of rotatable bonds is 8. The zero-order chi connectivity index (χ0) is 20.5. The van der Waals surface area contributed by atoms with Gasteiger partial charge < -0.3 is 19.7 Å².